The van der Waals surface area contributed by atoms with Crippen molar-refractivity contribution in [1.82, 2.24) is 0 Å². The Morgan fingerprint density at radius 2 is 2.12 bits per heavy atom. The molecule has 0 unspecified atom stereocenters. The summed E-state index contributed by atoms with van der Waals surface area (Å²) in [5.41, 5.74) is 0.0586. The molecule has 0 spiro atoms. The number of nitrogens with zero attached hydrogens (tertiary/aromatic N) is 1. The van der Waals surface area contributed by atoms with Crippen molar-refractivity contribution in [3.05, 3.63) is 32.8 Å². The van der Waals surface area contributed by atoms with Crippen molar-refractivity contribution in [2.45, 2.75) is 32.6 Å². The number of nitro groups is 1. The molecule has 17 heavy (non-hydrogen) atoms. The first-order valence-corrected chi connectivity index (χ1v) is 6.51. The smallest absolute Gasteiger partial charge is 0.283 e. The molecule has 94 valence electrons. The van der Waals surface area contributed by atoms with E-state index in [9.17, 15) is 10.1 Å². The molecular formula is C12H16BrNO3. The molecule has 5 heteroatoms. The van der Waals surface area contributed by atoms with Gasteiger partial charge in [0, 0.05) is 12.1 Å². The minimum Gasteiger partial charge on any atom is -0.494 e. The summed E-state index contributed by atoms with van der Waals surface area (Å²) in [5.74, 6) is 0.666. The lowest BCUT2D eigenvalue weighted by atomic mass is 10.2. The van der Waals surface area contributed by atoms with E-state index in [-0.39, 0.29) is 5.69 Å². The van der Waals surface area contributed by atoms with Crippen molar-refractivity contribution in [3.8, 4) is 5.75 Å². The predicted molar refractivity (Wildman–Crippen MR) is 70.4 cm³/mol. The van der Waals surface area contributed by atoms with E-state index in [1.165, 1.54) is 18.9 Å². The fourth-order valence-electron chi connectivity index (χ4n) is 1.44. The molecule has 0 aromatic heterocycles. The predicted octanol–water partition coefficient (Wildman–Crippen LogP) is 4.32. The van der Waals surface area contributed by atoms with Gasteiger partial charge in [-0.3, -0.25) is 10.1 Å². The van der Waals surface area contributed by atoms with E-state index < -0.39 is 4.92 Å². The van der Waals surface area contributed by atoms with Gasteiger partial charge in [-0.05, 0) is 28.4 Å². The van der Waals surface area contributed by atoms with Gasteiger partial charge in [-0.2, -0.15) is 0 Å². The molecule has 0 amide bonds. The van der Waals surface area contributed by atoms with Gasteiger partial charge < -0.3 is 4.74 Å². The fraction of sp³-hybridized carbons (Fsp3) is 0.500. The van der Waals surface area contributed by atoms with E-state index >= 15 is 0 Å². The minimum absolute atomic E-state index is 0.0586. The summed E-state index contributed by atoms with van der Waals surface area (Å²) in [6, 6.07) is 4.71. The molecule has 0 aliphatic heterocycles. The summed E-state index contributed by atoms with van der Waals surface area (Å²) in [7, 11) is 0. The van der Waals surface area contributed by atoms with Crippen molar-refractivity contribution < 1.29 is 9.66 Å². The highest BCUT2D eigenvalue weighted by atomic mass is 79.9. The highest BCUT2D eigenvalue weighted by Crippen LogP contribution is 2.28. The SMILES string of the molecule is CCCCCCOc1ccc([N+](=O)[O-])c(Br)c1. The molecule has 0 aliphatic carbocycles. The standard InChI is InChI=1S/C12H16BrNO3/c1-2-3-4-5-8-17-10-6-7-12(14(15)16)11(13)9-10/h6-7,9H,2-5,8H2,1H3. The molecule has 1 aromatic rings. The number of nitro benzene ring substituents is 1. The zero-order chi connectivity index (χ0) is 12.7. The topological polar surface area (TPSA) is 52.4 Å². The third-order valence-corrected chi connectivity index (χ3v) is 3.02. The summed E-state index contributed by atoms with van der Waals surface area (Å²) >= 11 is 3.16. The van der Waals surface area contributed by atoms with Gasteiger partial charge in [0.15, 0.2) is 0 Å². The first kappa shape index (κ1) is 14.0. The zero-order valence-electron chi connectivity index (χ0n) is 9.82. The fourth-order valence-corrected chi connectivity index (χ4v) is 1.95. The maximum absolute atomic E-state index is 10.6. The van der Waals surface area contributed by atoms with Gasteiger partial charge >= 0.3 is 0 Å². The van der Waals surface area contributed by atoms with Crippen molar-refractivity contribution in [2.75, 3.05) is 6.61 Å². The Balaban J connectivity index is 2.45. The van der Waals surface area contributed by atoms with Crippen LogP contribution in [-0.4, -0.2) is 11.5 Å². The largest absolute Gasteiger partial charge is 0.494 e. The Bertz CT molecular complexity index is 382. The Hall–Kier alpha value is -1.10. The number of rotatable bonds is 7. The van der Waals surface area contributed by atoms with Crippen molar-refractivity contribution in [1.29, 1.82) is 0 Å². The zero-order valence-corrected chi connectivity index (χ0v) is 11.4. The van der Waals surface area contributed by atoms with Crippen molar-refractivity contribution in [2.24, 2.45) is 0 Å². The third kappa shape index (κ3) is 4.73. The molecule has 0 saturated heterocycles. The second-order valence-electron chi connectivity index (χ2n) is 3.78. The molecule has 0 atom stereocenters. The number of halogens is 1. The van der Waals surface area contributed by atoms with Gasteiger partial charge in [0.25, 0.3) is 5.69 Å². The molecule has 0 saturated carbocycles. The molecule has 1 aromatic carbocycles. The van der Waals surface area contributed by atoms with E-state index in [0.717, 1.165) is 12.8 Å². The number of hydrogen-bond acceptors (Lipinski definition) is 3. The number of benzene rings is 1. The molecule has 0 aliphatic rings. The number of unbranched alkanes of at least 4 members (excludes halogenated alkanes) is 3. The number of ether oxygens (including phenoxy) is 1. The summed E-state index contributed by atoms with van der Waals surface area (Å²) < 4.78 is 5.97. The van der Waals surface area contributed by atoms with E-state index in [1.54, 1.807) is 12.1 Å². The van der Waals surface area contributed by atoms with Crippen LogP contribution in [0.15, 0.2) is 22.7 Å². The average molecular weight is 302 g/mol. The molecule has 0 fully saturated rings. The molecule has 4 nitrogen and oxygen atoms in total. The molecular weight excluding hydrogens is 286 g/mol. The third-order valence-electron chi connectivity index (χ3n) is 2.38. The van der Waals surface area contributed by atoms with Crippen LogP contribution in [-0.2, 0) is 0 Å². The van der Waals surface area contributed by atoms with Crippen LogP contribution in [0.3, 0.4) is 0 Å². The van der Waals surface area contributed by atoms with Gasteiger partial charge in [-0.15, -0.1) is 0 Å². The molecule has 0 N–H and O–H groups in total. The second kappa shape index (κ2) is 7.27. The van der Waals surface area contributed by atoms with E-state index in [2.05, 4.69) is 22.9 Å². The summed E-state index contributed by atoms with van der Waals surface area (Å²) in [5, 5.41) is 10.6. The molecule has 0 heterocycles. The molecule has 0 bridgehead atoms. The lowest BCUT2D eigenvalue weighted by molar-refractivity contribution is -0.385. The first-order valence-electron chi connectivity index (χ1n) is 5.72. The van der Waals surface area contributed by atoms with Crippen molar-refractivity contribution in [3.63, 3.8) is 0 Å². The van der Waals surface area contributed by atoms with Gasteiger partial charge in [0.2, 0.25) is 0 Å². The van der Waals surface area contributed by atoms with E-state index in [1.807, 2.05) is 0 Å². The highest BCUT2D eigenvalue weighted by molar-refractivity contribution is 9.10. The molecule has 0 radical (unpaired) electrons. The first-order chi connectivity index (χ1) is 8.15. The van der Waals surface area contributed by atoms with Gasteiger partial charge in [0.05, 0.1) is 16.0 Å². The molecule has 1 rings (SSSR count). The van der Waals surface area contributed by atoms with Gasteiger partial charge in [-0.1, -0.05) is 26.2 Å². The van der Waals surface area contributed by atoms with Crippen LogP contribution in [0.4, 0.5) is 5.69 Å². The second-order valence-corrected chi connectivity index (χ2v) is 4.63. The summed E-state index contributed by atoms with van der Waals surface area (Å²) in [6.07, 6.45) is 4.59. The van der Waals surface area contributed by atoms with Crippen LogP contribution in [0.25, 0.3) is 0 Å². The van der Waals surface area contributed by atoms with Gasteiger partial charge in [0.1, 0.15) is 5.75 Å². The highest BCUT2D eigenvalue weighted by Gasteiger charge is 2.11. The minimum atomic E-state index is -0.422. The maximum Gasteiger partial charge on any atom is 0.283 e. The maximum atomic E-state index is 10.6. The normalized spacial score (nSPS) is 10.2. The van der Waals surface area contributed by atoms with Crippen LogP contribution in [0, 0.1) is 10.1 Å². The van der Waals surface area contributed by atoms with Crippen LogP contribution in [0.5, 0.6) is 5.75 Å². The summed E-state index contributed by atoms with van der Waals surface area (Å²) in [4.78, 5) is 10.2. The lowest BCUT2D eigenvalue weighted by Gasteiger charge is -2.06. The Kier molecular flexibility index (Phi) is 5.97. The van der Waals surface area contributed by atoms with Crippen LogP contribution >= 0.6 is 15.9 Å². The Morgan fingerprint density at radius 1 is 1.35 bits per heavy atom. The van der Waals surface area contributed by atoms with Crippen LogP contribution < -0.4 is 4.74 Å². The monoisotopic (exact) mass is 301 g/mol. The Labute approximate surface area is 109 Å². The van der Waals surface area contributed by atoms with E-state index in [0.29, 0.717) is 16.8 Å². The average Bonchev–Trinajstić information content (AvgIpc) is 2.28. The quantitative estimate of drug-likeness (QED) is 0.428. The Morgan fingerprint density at radius 3 is 2.71 bits per heavy atom. The van der Waals surface area contributed by atoms with Crippen LogP contribution in [0.1, 0.15) is 32.6 Å². The summed E-state index contributed by atoms with van der Waals surface area (Å²) in [6.45, 7) is 2.82. The lowest BCUT2D eigenvalue weighted by Crippen LogP contribution is -1.98. The van der Waals surface area contributed by atoms with E-state index in [4.69, 9.17) is 4.74 Å². The van der Waals surface area contributed by atoms with Crippen LogP contribution in [0.2, 0.25) is 0 Å². The number of hydrogen-bond donors (Lipinski definition) is 0. The van der Waals surface area contributed by atoms with Gasteiger partial charge in [-0.25, -0.2) is 0 Å². The van der Waals surface area contributed by atoms with Crippen molar-refractivity contribution >= 4 is 21.6 Å².